The maximum atomic E-state index is 11.8. The molecule has 2 rings (SSSR count). The second-order valence-corrected chi connectivity index (χ2v) is 5.97. The zero-order valence-corrected chi connectivity index (χ0v) is 12.1. The van der Waals surface area contributed by atoms with E-state index in [9.17, 15) is 4.79 Å². The maximum Gasteiger partial charge on any atom is 0.307 e. The smallest absolute Gasteiger partial charge is 0.307 e. The van der Waals surface area contributed by atoms with Crippen molar-refractivity contribution in [3.05, 3.63) is 48.5 Å². The van der Waals surface area contributed by atoms with Gasteiger partial charge in [-0.1, -0.05) is 17.4 Å². The Balaban J connectivity index is 2.38. The lowest BCUT2D eigenvalue weighted by atomic mass is 10.2. The summed E-state index contributed by atoms with van der Waals surface area (Å²) in [5, 5.41) is 0. The Morgan fingerprint density at radius 3 is 2.65 bits per heavy atom. The first kappa shape index (κ1) is 12.4. The van der Waals surface area contributed by atoms with Gasteiger partial charge >= 0.3 is 4.87 Å². The number of nitrogens with zero attached hydrogens (tertiary/aromatic N) is 1. The van der Waals surface area contributed by atoms with Crippen molar-refractivity contribution >= 4 is 33.0 Å². The first-order valence-electron chi connectivity index (χ1n) is 5.20. The van der Waals surface area contributed by atoms with Crippen molar-refractivity contribution in [1.82, 2.24) is 4.57 Å². The lowest BCUT2D eigenvalue weighted by Gasteiger charge is -2.07. The van der Waals surface area contributed by atoms with E-state index >= 15 is 0 Å². The molecule has 1 aromatic carbocycles. The molecule has 0 bridgehead atoms. The lowest BCUT2D eigenvalue weighted by molar-refractivity contribution is 0.751. The molecule has 0 atom stereocenters. The molecule has 0 radical (unpaired) electrons. The van der Waals surface area contributed by atoms with Crippen LogP contribution in [-0.2, 0) is 6.54 Å². The van der Waals surface area contributed by atoms with Crippen molar-refractivity contribution < 1.29 is 0 Å². The topological polar surface area (TPSA) is 48.0 Å². The van der Waals surface area contributed by atoms with Gasteiger partial charge in [-0.25, -0.2) is 0 Å². The minimum atomic E-state index is 0.0847. The number of aromatic nitrogens is 1. The van der Waals surface area contributed by atoms with Gasteiger partial charge in [0.1, 0.15) is 0 Å². The van der Waals surface area contributed by atoms with Gasteiger partial charge in [0, 0.05) is 20.7 Å². The van der Waals surface area contributed by atoms with Gasteiger partial charge in [-0.2, -0.15) is 0 Å². The number of rotatable bonds is 2. The Bertz CT molecular complexity index is 615. The summed E-state index contributed by atoms with van der Waals surface area (Å²) >= 11 is 4.65. The number of aryl methyl sites for hydroxylation is 1. The average molecular weight is 313 g/mol. The maximum absolute atomic E-state index is 11.8. The fourth-order valence-electron chi connectivity index (χ4n) is 1.64. The van der Waals surface area contributed by atoms with Crippen LogP contribution >= 0.6 is 27.3 Å². The van der Waals surface area contributed by atoms with Gasteiger partial charge < -0.3 is 5.73 Å². The molecule has 2 N–H and O–H groups in total. The SMILES string of the molecule is Cc1sc(=O)n(Cc2ccc(Br)c(N)c2)c1C. The van der Waals surface area contributed by atoms with E-state index in [1.807, 2.05) is 32.0 Å². The Morgan fingerprint density at radius 2 is 2.12 bits per heavy atom. The number of nitrogens with two attached hydrogens (primary N) is 1. The van der Waals surface area contributed by atoms with E-state index in [1.165, 1.54) is 11.3 Å². The lowest BCUT2D eigenvalue weighted by Crippen LogP contribution is -2.15. The molecule has 1 heterocycles. The molecule has 17 heavy (non-hydrogen) atoms. The number of halogens is 1. The molecule has 0 aliphatic rings. The minimum absolute atomic E-state index is 0.0847. The monoisotopic (exact) mass is 312 g/mol. The molecule has 3 nitrogen and oxygen atoms in total. The van der Waals surface area contributed by atoms with Gasteiger partial charge in [-0.3, -0.25) is 9.36 Å². The molecular formula is C12H13BrN2OS. The van der Waals surface area contributed by atoms with E-state index in [0.717, 1.165) is 20.6 Å². The third kappa shape index (κ3) is 2.45. The van der Waals surface area contributed by atoms with Gasteiger partial charge in [-0.05, 0) is 47.5 Å². The zero-order valence-electron chi connectivity index (χ0n) is 9.66. The van der Waals surface area contributed by atoms with Crippen LogP contribution in [-0.4, -0.2) is 4.57 Å². The van der Waals surface area contributed by atoms with Crippen LogP contribution in [0.15, 0.2) is 27.5 Å². The molecule has 0 aliphatic carbocycles. The molecule has 0 unspecified atom stereocenters. The largest absolute Gasteiger partial charge is 0.398 e. The van der Waals surface area contributed by atoms with Crippen LogP contribution in [0.3, 0.4) is 0 Å². The molecule has 90 valence electrons. The van der Waals surface area contributed by atoms with Gasteiger partial charge in [-0.15, -0.1) is 0 Å². The molecule has 1 aromatic heterocycles. The fourth-order valence-corrected chi connectivity index (χ4v) is 2.72. The number of hydrogen-bond donors (Lipinski definition) is 1. The predicted octanol–water partition coefficient (Wildman–Crippen LogP) is 2.92. The Hall–Kier alpha value is -1.07. The third-order valence-corrected chi connectivity index (χ3v) is 4.50. The van der Waals surface area contributed by atoms with Gasteiger partial charge in [0.05, 0.1) is 6.54 Å². The van der Waals surface area contributed by atoms with Crippen LogP contribution in [0.2, 0.25) is 0 Å². The average Bonchev–Trinajstić information content (AvgIpc) is 2.50. The molecule has 0 fully saturated rings. The molecule has 0 aliphatic heterocycles. The number of nitrogen functional groups attached to an aromatic ring is 1. The number of benzene rings is 1. The first-order valence-corrected chi connectivity index (χ1v) is 6.80. The van der Waals surface area contributed by atoms with E-state index in [4.69, 9.17) is 5.73 Å². The van der Waals surface area contributed by atoms with Crippen LogP contribution in [0.4, 0.5) is 5.69 Å². The fraction of sp³-hybridized carbons (Fsp3) is 0.250. The van der Waals surface area contributed by atoms with Crippen LogP contribution in [0.5, 0.6) is 0 Å². The van der Waals surface area contributed by atoms with Crippen molar-refractivity contribution in [2.75, 3.05) is 5.73 Å². The summed E-state index contributed by atoms with van der Waals surface area (Å²) in [4.78, 5) is 12.9. The Morgan fingerprint density at radius 1 is 1.41 bits per heavy atom. The highest BCUT2D eigenvalue weighted by atomic mass is 79.9. The normalized spacial score (nSPS) is 10.8. The number of hydrogen-bond acceptors (Lipinski definition) is 3. The second kappa shape index (κ2) is 4.66. The molecule has 5 heteroatoms. The first-order chi connectivity index (χ1) is 7.99. The van der Waals surface area contributed by atoms with Crippen molar-refractivity contribution in [1.29, 1.82) is 0 Å². The van der Waals surface area contributed by atoms with Crippen LogP contribution in [0.25, 0.3) is 0 Å². The summed E-state index contributed by atoms with van der Waals surface area (Å²) in [7, 11) is 0. The van der Waals surface area contributed by atoms with E-state index < -0.39 is 0 Å². The van der Waals surface area contributed by atoms with Crippen LogP contribution in [0.1, 0.15) is 16.1 Å². The number of anilines is 1. The minimum Gasteiger partial charge on any atom is -0.398 e. The Kier molecular flexibility index (Phi) is 3.40. The molecule has 0 saturated carbocycles. The highest BCUT2D eigenvalue weighted by molar-refractivity contribution is 9.10. The van der Waals surface area contributed by atoms with Crippen LogP contribution < -0.4 is 10.6 Å². The Labute approximate surface area is 112 Å². The van der Waals surface area contributed by atoms with Crippen molar-refractivity contribution in [2.24, 2.45) is 0 Å². The summed E-state index contributed by atoms with van der Waals surface area (Å²) in [5.74, 6) is 0. The van der Waals surface area contributed by atoms with E-state index in [1.54, 1.807) is 4.57 Å². The predicted molar refractivity (Wildman–Crippen MR) is 75.7 cm³/mol. The highest BCUT2D eigenvalue weighted by Crippen LogP contribution is 2.21. The second-order valence-electron chi connectivity index (χ2n) is 3.95. The summed E-state index contributed by atoms with van der Waals surface area (Å²) in [6.07, 6.45) is 0. The van der Waals surface area contributed by atoms with E-state index in [-0.39, 0.29) is 4.87 Å². The molecule has 0 saturated heterocycles. The molecular weight excluding hydrogens is 300 g/mol. The summed E-state index contributed by atoms with van der Waals surface area (Å²) in [6.45, 7) is 4.51. The summed E-state index contributed by atoms with van der Waals surface area (Å²) in [5.41, 5.74) is 8.58. The van der Waals surface area contributed by atoms with Crippen molar-refractivity contribution in [3.8, 4) is 0 Å². The van der Waals surface area contributed by atoms with Crippen LogP contribution in [0, 0.1) is 13.8 Å². The summed E-state index contributed by atoms with van der Waals surface area (Å²) in [6, 6.07) is 5.77. The highest BCUT2D eigenvalue weighted by Gasteiger charge is 2.08. The van der Waals surface area contributed by atoms with E-state index in [2.05, 4.69) is 15.9 Å². The quantitative estimate of drug-likeness (QED) is 0.867. The van der Waals surface area contributed by atoms with Crippen molar-refractivity contribution in [3.63, 3.8) is 0 Å². The van der Waals surface area contributed by atoms with Gasteiger partial charge in [0.25, 0.3) is 0 Å². The third-order valence-electron chi connectivity index (χ3n) is 2.78. The van der Waals surface area contributed by atoms with Gasteiger partial charge in [0.15, 0.2) is 0 Å². The van der Waals surface area contributed by atoms with Gasteiger partial charge in [0.2, 0.25) is 0 Å². The van der Waals surface area contributed by atoms with Crippen molar-refractivity contribution in [2.45, 2.75) is 20.4 Å². The van der Waals surface area contributed by atoms with E-state index in [0.29, 0.717) is 12.2 Å². The molecule has 0 amide bonds. The molecule has 0 spiro atoms. The zero-order chi connectivity index (χ0) is 12.6. The standard InChI is InChI=1S/C12H13BrN2OS/c1-7-8(2)17-12(16)15(7)6-9-3-4-10(13)11(14)5-9/h3-5H,6,14H2,1-2H3. The molecule has 2 aromatic rings. The summed E-state index contributed by atoms with van der Waals surface area (Å²) < 4.78 is 2.66. The number of thiazole rings is 1.